The zero-order valence-corrected chi connectivity index (χ0v) is 28.7. The zero-order chi connectivity index (χ0) is 34.1. The van der Waals surface area contributed by atoms with Gasteiger partial charge in [-0.3, -0.25) is 13.9 Å². The lowest BCUT2D eigenvalue weighted by molar-refractivity contribution is -0.140. The Balaban J connectivity index is 1.83. The summed E-state index contributed by atoms with van der Waals surface area (Å²) in [7, 11) is -1.46. The molecule has 2 amide bonds. The summed E-state index contributed by atoms with van der Waals surface area (Å²) < 4.78 is 40.4. The molecule has 11 heteroatoms. The van der Waals surface area contributed by atoms with Crippen LogP contribution in [0.15, 0.2) is 102 Å². The Morgan fingerprint density at radius 1 is 0.851 bits per heavy atom. The fourth-order valence-electron chi connectivity index (χ4n) is 5.09. The summed E-state index contributed by atoms with van der Waals surface area (Å²) in [6.45, 7) is 4.94. The number of carbonyl (C=O) groups is 2. The summed E-state index contributed by atoms with van der Waals surface area (Å²) in [6, 6.07) is 26.3. The molecule has 0 saturated carbocycles. The highest BCUT2D eigenvalue weighted by Gasteiger charge is 2.35. The van der Waals surface area contributed by atoms with Gasteiger partial charge in [0.05, 0.1) is 24.8 Å². The number of sulfonamides is 1. The van der Waals surface area contributed by atoms with E-state index in [1.54, 1.807) is 48.5 Å². The molecule has 4 aromatic carbocycles. The van der Waals surface area contributed by atoms with Gasteiger partial charge in [-0.1, -0.05) is 77.8 Å². The Kier molecular flexibility index (Phi) is 11.9. The Labute approximate surface area is 282 Å². The number of carbonyl (C=O) groups excluding carboxylic acids is 2. The predicted molar refractivity (Wildman–Crippen MR) is 184 cm³/mol. The third kappa shape index (κ3) is 8.84. The maximum absolute atomic E-state index is 14.6. The monoisotopic (exact) mass is 677 g/mol. The molecule has 0 aliphatic carbocycles. The Morgan fingerprint density at radius 2 is 1.49 bits per heavy atom. The highest BCUT2D eigenvalue weighted by molar-refractivity contribution is 7.92. The molecule has 0 aromatic heterocycles. The number of methoxy groups -OCH3 is 2. The molecule has 0 saturated heterocycles. The van der Waals surface area contributed by atoms with Crippen LogP contribution in [0.4, 0.5) is 5.69 Å². The SMILES string of the molecule is COc1ccc(S(=O)(=O)N(CC(=O)N(Cc2ccccc2Cl)C(Cc2ccccc2)C(=O)NC(C)C)c2ccc(C)cc2)cc1OC. The molecule has 1 atom stereocenters. The highest BCUT2D eigenvalue weighted by Crippen LogP contribution is 2.33. The van der Waals surface area contributed by atoms with E-state index < -0.39 is 28.5 Å². The van der Waals surface area contributed by atoms with Gasteiger partial charge in [-0.05, 0) is 62.2 Å². The van der Waals surface area contributed by atoms with Crippen molar-refractivity contribution in [3.63, 3.8) is 0 Å². The summed E-state index contributed by atoms with van der Waals surface area (Å²) in [5.74, 6) is -0.379. The van der Waals surface area contributed by atoms with E-state index in [2.05, 4.69) is 5.32 Å². The van der Waals surface area contributed by atoms with Crippen LogP contribution < -0.4 is 19.1 Å². The number of nitrogens with zero attached hydrogens (tertiary/aromatic N) is 2. The molecule has 9 nitrogen and oxygen atoms in total. The minimum atomic E-state index is -4.33. The number of ether oxygens (including phenoxy) is 2. The first-order valence-electron chi connectivity index (χ1n) is 15.1. The second-order valence-electron chi connectivity index (χ2n) is 11.3. The minimum Gasteiger partial charge on any atom is -0.493 e. The fraction of sp³-hybridized carbons (Fsp3) is 0.278. The quantitative estimate of drug-likeness (QED) is 0.175. The topological polar surface area (TPSA) is 105 Å². The van der Waals surface area contributed by atoms with Crippen LogP contribution in [0.25, 0.3) is 0 Å². The van der Waals surface area contributed by atoms with E-state index in [1.165, 1.54) is 37.3 Å². The number of halogens is 1. The van der Waals surface area contributed by atoms with Crippen LogP contribution in [0, 0.1) is 6.92 Å². The molecule has 1 N–H and O–H groups in total. The second-order valence-corrected chi connectivity index (χ2v) is 13.6. The Hall–Kier alpha value is -4.54. The molecule has 0 heterocycles. The number of nitrogens with one attached hydrogen (secondary N) is 1. The zero-order valence-electron chi connectivity index (χ0n) is 27.1. The molecule has 4 rings (SSSR count). The lowest BCUT2D eigenvalue weighted by Crippen LogP contribution is -2.54. The van der Waals surface area contributed by atoms with Crippen molar-refractivity contribution >= 4 is 39.1 Å². The molecule has 0 aliphatic heterocycles. The lowest BCUT2D eigenvalue weighted by atomic mass is 10.0. The van der Waals surface area contributed by atoms with Crippen molar-refractivity contribution in [1.82, 2.24) is 10.2 Å². The van der Waals surface area contributed by atoms with Crippen molar-refractivity contribution in [2.75, 3.05) is 25.1 Å². The molecule has 0 fully saturated rings. The van der Waals surface area contributed by atoms with Crippen molar-refractivity contribution in [1.29, 1.82) is 0 Å². The Bertz CT molecular complexity index is 1780. The molecule has 248 valence electrons. The first kappa shape index (κ1) is 35.3. The van der Waals surface area contributed by atoms with Gasteiger partial charge in [-0.2, -0.15) is 0 Å². The van der Waals surface area contributed by atoms with E-state index in [0.29, 0.717) is 16.3 Å². The number of benzene rings is 4. The van der Waals surface area contributed by atoms with Crippen LogP contribution in [0.3, 0.4) is 0 Å². The molecule has 1 unspecified atom stereocenters. The van der Waals surface area contributed by atoms with Gasteiger partial charge >= 0.3 is 0 Å². The molecule has 0 spiro atoms. The molecule has 4 aromatic rings. The maximum Gasteiger partial charge on any atom is 0.264 e. The number of aryl methyl sites for hydroxylation is 1. The van der Waals surface area contributed by atoms with Crippen molar-refractivity contribution in [3.05, 3.63) is 119 Å². The minimum absolute atomic E-state index is 0.0281. The van der Waals surface area contributed by atoms with E-state index >= 15 is 0 Å². The summed E-state index contributed by atoms with van der Waals surface area (Å²) in [4.78, 5) is 29.7. The van der Waals surface area contributed by atoms with Gasteiger partial charge in [-0.15, -0.1) is 0 Å². The van der Waals surface area contributed by atoms with Crippen LogP contribution >= 0.6 is 11.6 Å². The highest BCUT2D eigenvalue weighted by atomic mass is 35.5. The number of hydrogen-bond donors (Lipinski definition) is 1. The molecular weight excluding hydrogens is 638 g/mol. The standard InChI is InChI=1S/C36H40ClN3O6S/c1-25(2)38-36(42)32(21-27-11-7-6-8-12-27)39(23-28-13-9-10-14-31(28)37)35(41)24-40(29-17-15-26(3)16-18-29)47(43,44)30-19-20-33(45-4)34(22-30)46-5/h6-20,22,25,32H,21,23-24H2,1-5H3,(H,38,42). The van der Waals surface area contributed by atoms with Gasteiger partial charge in [0.2, 0.25) is 11.8 Å². The van der Waals surface area contributed by atoms with Crippen LogP contribution in [0.5, 0.6) is 11.5 Å². The number of rotatable bonds is 14. The lowest BCUT2D eigenvalue weighted by Gasteiger charge is -2.34. The molecule has 0 aliphatic rings. The average molecular weight is 678 g/mol. The smallest absolute Gasteiger partial charge is 0.264 e. The summed E-state index contributed by atoms with van der Waals surface area (Å²) in [6.07, 6.45) is 0.197. The number of hydrogen-bond acceptors (Lipinski definition) is 6. The van der Waals surface area contributed by atoms with E-state index in [-0.39, 0.29) is 41.2 Å². The van der Waals surface area contributed by atoms with E-state index in [9.17, 15) is 18.0 Å². The molecule has 47 heavy (non-hydrogen) atoms. The van der Waals surface area contributed by atoms with Gasteiger partial charge in [0.25, 0.3) is 10.0 Å². The first-order chi connectivity index (χ1) is 22.4. The summed E-state index contributed by atoms with van der Waals surface area (Å²) in [5, 5.41) is 3.36. The van der Waals surface area contributed by atoms with Gasteiger partial charge in [-0.25, -0.2) is 8.42 Å². The fourth-order valence-corrected chi connectivity index (χ4v) is 6.71. The van der Waals surface area contributed by atoms with Crippen molar-refractivity contribution in [2.45, 2.75) is 50.7 Å². The average Bonchev–Trinajstić information content (AvgIpc) is 3.06. The third-order valence-electron chi connectivity index (χ3n) is 7.54. The second kappa shape index (κ2) is 15.8. The van der Waals surface area contributed by atoms with Crippen LogP contribution in [0.2, 0.25) is 5.02 Å². The number of anilines is 1. The van der Waals surface area contributed by atoms with Crippen LogP contribution in [0.1, 0.15) is 30.5 Å². The molecular formula is C36H40ClN3O6S. The van der Waals surface area contributed by atoms with Crippen molar-refractivity contribution in [3.8, 4) is 11.5 Å². The van der Waals surface area contributed by atoms with Gasteiger partial charge in [0.1, 0.15) is 12.6 Å². The van der Waals surface area contributed by atoms with Gasteiger partial charge in [0.15, 0.2) is 11.5 Å². The van der Waals surface area contributed by atoms with E-state index in [4.69, 9.17) is 21.1 Å². The maximum atomic E-state index is 14.6. The largest absolute Gasteiger partial charge is 0.493 e. The normalized spacial score (nSPS) is 11.9. The third-order valence-corrected chi connectivity index (χ3v) is 9.68. The molecule has 0 bridgehead atoms. The van der Waals surface area contributed by atoms with Crippen LogP contribution in [-0.4, -0.2) is 58.0 Å². The van der Waals surface area contributed by atoms with Gasteiger partial charge in [0, 0.05) is 30.1 Å². The van der Waals surface area contributed by atoms with E-state index in [1.807, 2.05) is 51.1 Å². The van der Waals surface area contributed by atoms with Crippen LogP contribution in [-0.2, 0) is 32.6 Å². The first-order valence-corrected chi connectivity index (χ1v) is 16.9. The summed E-state index contributed by atoms with van der Waals surface area (Å²) >= 11 is 6.56. The van der Waals surface area contributed by atoms with Crippen molar-refractivity contribution < 1.29 is 27.5 Å². The van der Waals surface area contributed by atoms with E-state index in [0.717, 1.165) is 15.4 Å². The number of amides is 2. The molecule has 0 radical (unpaired) electrons. The predicted octanol–water partition coefficient (Wildman–Crippen LogP) is 6.03. The summed E-state index contributed by atoms with van der Waals surface area (Å²) in [5.41, 5.74) is 2.64. The van der Waals surface area contributed by atoms with Gasteiger partial charge < -0.3 is 19.7 Å². The Morgan fingerprint density at radius 3 is 2.11 bits per heavy atom. The van der Waals surface area contributed by atoms with Crippen molar-refractivity contribution in [2.24, 2.45) is 0 Å².